The number of hydrogen-bond donors (Lipinski definition) is 0. The van der Waals surface area contributed by atoms with Gasteiger partial charge in [0, 0.05) is 12.3 Å². The number of oxime groups is 1. The maximum absolute atomic E-state index is 14.6. The molecule has 34 heavy (non-hydrogen) atoms. The molecule has 0 radical (unpaired) electrons. The first-order chi connectivity index (χ1) is 15.8. The summed E-state index contributed by atoms with van der Waals surface area (Å²) in [4.78, 5) is 29.1. The monoisotopic (exact) mass is 499 g/mol. The molecular weight excluding hydrogens is 481 g/mol. The first kappa shape index (κ1) is 25.4. The molecule has 5 nitrogen and oxygen atoms in total. The number of rotatable bonds is 4. The van der Waals surface area contributed by atoms with Crippen LogP contribution in [0, 0.1) is 29.1 Å². The lowest BCUT2D eigenvalue weighted by molar-refractivity contribution is -0.140. The molecule has 0 bridgehead atoms. The topological polar surface area (TPSA) is 68.9 Å². The van der Waals surface area contributed by atoms with E-state index in [1.54, 1.807) is 12.3 Å². The smallest absolute Gasteiger partial charge is 0.345 e. The Hall–Kier alpha value is -3.21. The minimum absolute atomic E-state index is 0.151. The van der Waals surface area contributed by atoms with Crippen molar-refractivity contribution in [1.29, 1.82) is 0 Å². The van der Waals surface area contributed by atoms with Gasteiger partial charge >= 0.3 is 11.6 Å². The van der Waals surface area contributed by atoms with Crippen LogP contribution in [0.15, 0.2) is 37.5 Å². The van der Waals surface area contributed by atoms with Crippen LogP contribution in [0.3, 0.4) is 0 Å². The third-order valence-electron chi connectivity index (χ3n) is 4.85. The first-order valence-electron chi connectivity index (χ1n) is 9.72. The van der Waals surface area contributed by atoms with E-state index in [2.05, 4.69) is 9.99 Å². The van der Waals surface area contributed by atoms with Crippen molar-refractivity contribution in [3.05, 3.63) is 74.4 Å². The zero-order valence-corrected chi connectivity index (χ0v) is 19.4. The summed E-state index contributed by atoms with van der Waals surface area (Å²) in [5.41, 5.74) is -3.87. The maximum atomic E-state index is 14.6. The summed E-state index contributed by atoms with van der Waals surface area (Å²) in [5, 5.41) is 3.54. The first-order valence-corrected chi connectivity index (χ1v) is 10.9. The molecular formula is C23H18F5NO4S. The molecule has 0 fully saturated rings. The number of carbonyl (C=O) groups is 1. The quantitative estimate of drug-likeness (QED) is 0.0661. The normalized spacial score (nSPS) is 12.4. The molecule has 0 saturated carbocycles. The largest absolute Gasteiger partial charge is 0.421 e. The average Bonchev–Trinajstić information content (AvgIpc) is 2.76. The summed E-state index contributed by atoms with van der Waals surface area (Å²) >= 11 is 1.28. The average molecular weight is 499 g/mol. The van der Waals surface area contributed by atoms with Gasteiger partial charge in [0.15, 0.2) is 28.9 Å². The lowest BCUT2D eigenvalue weighted by Gasteiger charge is -2.20. The molecule has 0 aliphatic rings. The SMILES string of the molecule is CSc1cc(C(C)(C)C)cc2cc(/C(=N/OC(C)=O)c3c(F)c(F)c(F)c(F)c3F)c(=O)oc12. The van der Waals surface area contributed by atoms with Gasteiger partial charge in [0.05, 0.1) is 16.0 Å². The summed E-state index contributed by atoms with van der Waals surface area (Å²) < 4.78 is 75.8. The van der Waals surface area contributed by atoms with Crippen molar-refractivity contribution in [1.82, 2.24) is 0 Å². The van der Waals surface area contributed by atoms with Gasteiger partial charge in [-0.25, -0.2) is 31.5 Å². The van der Waals surface area contributed by atoms with E-state index in [1.807, 2.05) is 26.8 Å². The zero-order valence-electron chi connectivity index (χ0n) is 18.6. The number of benzene rings is 2. The predicted molar refractivity (Wildman–Crippen MR) is 117 cm³/mol. The summed E-state index contributed by atoms with van der Waals surface area (Å²) in [5.74, 6) is -12.5. The fourth-order valence-corrected chi connectivity index (χ4v) is 3.69. The third-order valence-corrected chi connectivity index (χ3v) is 5.59. The van der Waals surface area contributed by atoms with Gasteiger partial charge in [-0.2, -0.15) is 0 Å². The van der Waals surface area contributed by atoms with Crippen LogP contribution in [0.5, 0.6) is 0 Å². The minimum atomic E-state index is -2.39. The second-order valence-corrected chi connectivity index (χ2v) is 9.11. The summed E-state index contributed by atoms with van der Waals surface area (Å²) in [6.45, 7) is 6.69. The van der Waals surface area contributed by atoms with Gasteiger partial charge in [0.2, 0.25) is 5.82 Å². The fraction of sp³-hybridized carbons (Fsp3) is 0.261. The molecule has 0 saturated heterocycles. The highest BCUT2D eigenvalue weighted by Crippen LogP contribution is 2.34. The van der Waals surface area contributed by atoms with E-state index >= 15 is 0 Å². The lowest BCUT2D eigenvalue weighted by Crippen LogP contribution is -2.21. The Labute approximate surface area is 194 Å². The predicted octanol–water partition coefficient (Wildman–Crippen LogP) is 5.82. The van der Waals surface area contributed by atoms with E-state index in [9.17, 15) is 31.5 Å². The van der Waals surface area contributed by atoms with Crippen molar-refractivity contribution in [3.63, 3.8) is 0 Å². The van der Waals surface area contributed by atoms with E-state index in [4.69, 9.17) is 4.42 Å². The summed E-state index contributed by atoms with van der Waals surface area (Å²) in [7, 11) is 0. The van der Waals surface area contributed by atoms with Gasteiger partial charge in [-0.1, -0.05) is 25.9 Å². The van der Waals surface area contributed by atoms with Crippen LogP contribution in [0.2, 0.25) is 0 Å². The van der Waals surface area contributed by atoms with E-state index in [-0.39, 0.29) is 11.0 Å². The van der Waals surface area contributed by atoms with Crippen molar-refractivity contribution in [2.24, 2.45) is 5.16 Å². The molecule has 0 aliphatic heterocycles. The van der Waals surface area contributed by atoms with Crippen LogP contribution in [-0.4, -0.2) is 17.9 Å². The number of nitrogens with zero attached hydrogens (tertiary/aromatic N) is 1. The van der Waals surface area contributed by atoms with Gasteiger partial charge in [0.1, 0.15) is 5.71 Å². The molecule has 1 aromatic heterocycles. The van der Waals surface area contributed by atoms with Gasteiger partial charge < -0.3 is 9.25 Å². The minimum Gasteiger partial charge on any atom is -0.421 e. The van der Waals surface area contributed by atoms with E-state index in [0.29, 0.717) is 10.3 Å². The van der Waals surface area contributed by atoms with Crippen molar-refractivity contribution in [2.75, 3.05) is 6.26 Å². The molecule has 0 N–H and O–H groups in total. The van der Waals surface area contributed by atoms with Crippen molar-refractivity contribution in [2.45, 2.75) is 38.0 Å². The number of hydrogen-bond acceptors (Lipinski definition) is 6. The Morgan fingerprint density at radius 1 is 0.971 bits per heavy atom. The Balaban J connectivity index is 2.43. The van der Waals surface area contributed by atoms with Crippen molar-refractivity contribution < 1.29 is 36.0 Å². The van der Waals surface area contributed by atoms with Crippen LogP contribution in [0.25, 0.3) is 11.0 Å². The Morgan fingerprint density at radius 2 is 1.53 bits per heavy atom. The van der Waals surface area contributed by atoms with Crippen molar-refractivity contribution >= 4 is 34.4 Å². The second kappa shape index (κ2) is 9.21. The van der Waals surface area contributed by atoms with Gasteiger partial charge in [0.25, 0.3) is 0 Å². The highest BCUT2D eigenvalue weighted by molar-refractivity contribution is 7.98. The molecule has 0 atom stereocenters. The Bertz CT molecular complexity index is 1380. The fourth-order valence-electron chi connectivity index (χ4n) is 3.10. The standard InChI is InChI=1S/C23H18F5NO4S/c1-9(30)33-29-20(14-15(24)17(26)19(28)18(27)16(14)25)12-7-10-6-11(23(2,3)4)8-13(34-5)21(10)32-22(12)31/h6-8H,1-5H3/b29-20-. The molecule has 2 aromatic carbocycles. The molecule has 0 spiro atoms. The Kier molecular flexibility index (Phi) is 6.88. The van der Waals surface area contributed by atoms with Crippen LogP contribution in [-0.2, 0) is 15.0 Å². The summed E-state index contributed by atoms with van der Waals surface area (Å²) in [6, 6.07) is 4.60. The number of thioether (sulfide) groups is 1. The molecule has 11 heteroatoms. The van der Waals surface area contributed by atoms with Gasteiger partial charge in [-0.05, 0) is 35.4 Å². The zero-order chi connectivity index (χ0) is 25.5. The van der Waals surface area contributed by atoms with Crippen LogP contribution in [0.1, 0.15) is 44.4 Å². The number of halogens is 5. The summed E-state index contributed by atoms with van der Waals surface area (Å²) in [6.07, 6.45) is 1.75. The van der Waals surface area contributed by atoms with E-state index in [0.717, 1.165) is 18.6 Å². The van der Waals surface area contributed by atoms with Gasteiger partial charge in [-0.3, -0.25) is 0 Å². The molecule has 0 aliphatic carbocycles. The van der Waals surface area contributed by atoms with Crippen LogP contribution >= 0.6 is 11.8 Å². The van der Waals surface area contributed by atoms with Crippen LogP contribution in [0.4, 0.5) is 22.0 Å². The Morgan fingerprint density at radius 3 is 2.03 bits per heavy atom. The molecule has 3 aromatic rings. The maximum Gasteiger partial charge on any atom is 0.345 e. The molecule has 1 heterocycles. The van der Waals surface area contributed by atoms with Gasteiger partial charge in [-0.15, -0.1) is 11.8 Å². The number of carbonyl (C=O) groups excluding carboxylic acids is 1. The second-order valence-electron chi connectivity index (χ2n) is 8.26. The molecule has 0 amide bonds. The van der Waals surface area contributed by atoms with E-state index in [1.165, 1.54) is 11.8 Å². The highest BCUT2D eigenvalue weighted by atomic mass is 32.2. The van der Waals surface area contributed by atoms with E-state index < -0.39 is 57.5 Å². The van der Waals surface area contributed by atoms with Crippen LogP contribution < -0.4 is 5.63 Å². The lowest BCUT2D eigenvalue weighted by atomic mass is 9.86. The third kappa shape index (κ3) is 4.56. The highest BCUT2D eigenvalue weighted by Gasteiger charge is 2.31. The molecule has 180 valence electrons. The van der Waals surface area contributed by atoms with Crippen molar-refractivity contribution in [3.8, 4) is 0 Å². The molecule has 3 rings (SSSR count). The molecule has 0 unspecified atom stereocenters. The number of fused-ring (bicyclic) bond motifs is 1.